The Morgan fingerprint density at radius 2 is 1.85 bits per heavy atom. The summed E-state index contributed by atoms with van der Waals surface area (Å²) in [6, 6.07) is 3.41. The second-order valence-electron chi connectivity index (χ2n) is 5.85. The van der Waals surface area contributed by atoms with E-state index in [1.54, 1.807) is 12.1 Å². The van der Waals surface area contributed by atoms with E-state index in [9.17, 15) is 4.79 Å². The number of carboxylic acids is 1. The highest BCUT2D eigenvalue weighted by Crippen LogP contribution is 2.33. The van der Waals surface area contributed by atoms with E-state index in [4.69, 9.17) is 9.84 Å². The predicted molar refractivity (Wildman–Crippen MR) is 79.5 cm³/mol. The minimum atomic E-state index is -0.883. The first-order chi connectivity index (χ1) is 9.52. The first-order valence-corrected chi connectivity index (χ1v) is 7.54. The molecule has 0 bridgehead atoms. The van der Waals surface area contributed by atoms with Crippen LogP contribution in [0.3, 0.4) is 0 Å². The van der Waals surface area contributed by atoms with Crippen molar-refractivity contribution in [3.63, 3.8) is 0 Å². The quantitative estimate of drug-likeness (QED) is 0.889. The SMILES string of the molecule is CCC1CCCCC1Oc1c(C)cc(C(=O)O)cc1C. The van der Waals surface area contributed by atoms with E-state index in [-0.39, 0.29) is 6.10 Å². The zero-order chi connectivity index (χ0) is 14.7. The molecule has 3 nitrogen and oxygen atoms in total. The number of aryl methyl sites for hydroxylation is 2. The molecule has 0 heterocycles. The van der Waals surface area contributed by atoms with Crippen molar-refractivity contribution in [2.75, 3.05) is 0 Å². The third-order valence-electron chi connectivity index (χ3n) is 4.34. The number of ether oxygens (including phenoxy) is 1. The molecular weight excluding hydrogens is 252 g/mol. The van der Waals surface area contributed by atoms with E-state index in [0.29, 0.717) is 11.5 Å². The van der Waals surface area contributed by atoms with Crippen molar-refractivity contribution >= 4 is 5.97 Å². The van der Waals surface area contributed by atoms with Gasteiger partial charge in [-0.05, 0) is 68.7 Å². The van der Waals surface area contributed by atoms with Gasteiger partial charge in [0.25, 0.3) is 0 Å². The summed E-state index contributed by atoms with van der Waals surface area (Å²) in [7, 11) is 0. The predicted octanol–water partition coefficient (Wildman–Crippen LogP) is 4.35. The molecule has 1 N–H and O–H groups in total. The number of hydrogen-bond acceptors (Lipinski definition) is 2. The number of benzene rings is 1. The number of carboxylic acid groups (broad SMARTS) is 1. The molecule has 0 aromatic heterocycles. The summed E-state index contributed by atoms with van der Waals surface area (Å²) in [5.41, 5.74) is 2.17. The standard InChI is InChI=1S/C17H24O3/c1-4-13-7-5-6-8-15(13)20-16-11(2)9-14(17(18)19)10-12(16)3/h9-10,13,15H,4-8H2,1-3H3,(H,18,19). The molecule has 2 unspecified atom stereocenters. The van der Waals surface area contributed by atoms with Gasteiger partial charge in [-0.1, -0.05) is 13.3 Å². The van der Waals surface area contributed by atoms with Crippen molar-refractivity contribution < 1.29 is 14.6 Å². The maximum absolute atomic E-state index is 11.1. The number of rotatable bonds is 4. The average Bonchev–Trinajstić information content (AvgIpc) is 2.42. The Hall–Kier alpha value is -1.51. The molecule has 1 aliphatic carbocycles. The normalized spacial score (nSPS) is 22.6. The molecular formula is C17H24O3. The molecule has 0 radical (unpaired) electrons. The van der Waals surface area contributed by atoms with Crippen LogP contribution >= 0.6 is 0 Å². The van der Waals surface area contributed by atoms with Crippen LogP contribution in [0.5, 0.6) is 5.75 Å². The summed E-state index contributed by atoms with van der Waals surface area (Å²) < 4.78 is 6.26. The van der Waals surface area contributed by atoms with Gasteiger partial charge in [0.15, 0.2) is 0 Å². The van der Waals surface area contributed by atoms with Gasteiger partial charge in [0.05, 0.1) is 5.56 Å². The molecule has 1 aliphatic rings. The molecule has 2 rings (SSSR count). The van der Waals surface area contributed by atoms with Crippen molar-refractivity contribution in [2.45, 2.75) is 59.0 Å². The molecule has 0 amide bonds. The van der Waals surface area contributed by atoms with Gasteiger partial charge in [0.2, 0.25) is 0 Å². The third kappa shape index (κ3) is 3.14. The number of aromatic carboxylic acids is 1. The highest BCUT2D eigenvalue weighted by atomic mass is 16.5. The summed E-state index contributed by atoms with van der Waals surface area (Å²) in [6.07, 6.45) is 6.31. The van der Waals surface area contributed by atoms with E-state index in [1.165, 1.54) is 19.3 Å². The van der Waals surface area contributed by atoms with Crippen molar-refractivity contribution in [2.24, 2.45) is 5.92 Å². The van der Waals surface area contributed by atoms with Crippen molar-refractivity contribution in [3.05, 3.63) is 28.8 Å². The van der Waals surface area contributed by atoms with E-state index in [0.717, 1.165) is 29.7 Å². The van der Waals surface area contributed by atoms with Gasteiger partial charge in [-0.3, -0.25) is 0 Å². The molecule has 0 spiro atoms. The Morgan fingerprint density at radius 1 is 1.25 bits per heavy atom. The Kier molecular flexibility index (Phi) is 4.69. The fourth-order valence-corrected chi connectivity index (χ4v) is 3.21. The summed E-state index contributed by atoms with van der Waals surface area (Å²) in [4.78, 5) is 11.1. The van der Waals surface area contributed by atoms with Crippen LogP contribution in [0.2, 0.25) is 0 Å². The van der Waals surface area contributed by atoms with Gasteiger partial charge < -0.3 is 9.84 Å². The average molecular weight is 276 g/mol. The topological polar surface area (TPSA) is 46.5 Å². The van der Waals surface area contributed by atoms with Gasteiger partial charge in [-0.15, -0.1) is 0 Å². The van der Waals surface area contributed by atoms with Gasteiger partial charge >= 0.3 is 5.97 Å². The lowest BCUT2D eigenvalue weighted by Gasteiger charge is -2.32. The Morgan fingerprint density at radius 3 is 2.40 bits per heavy atom. The lowest BCUT2D eigenvalue weighted by molar-refractivity contribution is 0.0696. The van der Waals surface area contributed by atoms with Crippen LogP contribution in [-0.2, 0) is 0 Å². The molecule has 0 saturated heterocycles. The highest BCUT2D eigenvalue weighted by molar-refractivity contribution is 5.88. The Balaban J connectivity index is 2.22. The van der Waals surface area contributed by atoms with Crippen LogP contribution in [0.1, 0.15) is 60.5 Å². The van der Waals surface area contributed by atoms with E-state index >= 15 is 0 Å². The van der Waals surface area contributed by atoms with Crippen LogP contribution < -0.4 is 4.74 Å². The summed E-state index contributed by atoms with van der Waals surface area (Å²) in [5.74, 6) is 0.619. The van der Waals surface area contributed by atoms with Crippen LogP contribution in [-0.4, -0.2) is 17.2 Å². The second kappa shape index (κ2) is 6.29. The summed E-state index contributed by atoms with van der Waals surface area (Å²) >= 11 is 0. The van der Waals surface area contributed by atoms with Crippen LogP contribution in [0.25, 0.3) is 0 Å². The molecule has 110 valence electrons. The van der Waals surface area contributed by atoms with E-state index in [1.807, 2.05) is 13.8 Å². The highest BCUT2D eigenvalue weighted by Gasteiger charge is 2.26. The fourth-order valence-electron chi connectivity index (χ4n) is 3.21. The lowest BCUT2D eigenvalue weighted by Crippen LogP contribution is -2.30. The van der Waals surface area contributed by atoms with Crippen molar-refractivity contribution in [1.82, 2.24) is 0 Å². The Bertz CT molecular complexity index is 470. The number of hydrogen-bond donors (Lipinski definition) is 1. The number of carbonyl (C=O) groups is 1. The largest absolute Gasteiger partial charge is 0.490 e. The van der Waals surface area contributed by atoms with Gasteiger partial charge in [0.1, 0.15) is 11.9 Å². The molecule has 1 saturated carbocycles. The molecule has 1 aromatic rings. The smallest absolute Gasteiger partial charge is 0.335 e. The Labute approximate surface area is 121 Å². The fraction of sp³-hybridized carbons (Fsp3) is 0.588. The zero-order valence-electron chi connectivity index (χ0n) is 12.6. The molecule has 1 aromatic carbocycles. The molecule has 1 fully saturated rings. The van der Waals surface area contributed by atoms with Gasteiger partial charge in [-0.25, -0.2) is 4.79 Å². The first-order valence-electron chi connectivity index (χ1n) is 7.54. The van der Waals surface area contributed by atoms with Crippen LogP contribution in [0, 0.1) is 19.8 Å². The third-order valence-corrected chi connectivity index (χ3v) is 4.34. The lowest BCUT2D eigenvalue weighted by atomic mass is 9.84. The second-order valence-corrected chi connectivity index (χ2v) is 5.85. The minimum absolute atomic E-state index is 0.279. The van der Waals surface area contributed by atoms with E-state index < -0.39 is 5.97 Å². The summed E-state index contributed by atoms with van der Waals surface area (Å²) in [6.45, 7) is 6.08. The molecule has 2 atom stereocenters. The minimum Gasteiger partial charge on any atom is -0.490 e. The van der Waals surface area contributed by atoms with Gasteiger partial charge in [-0.2, -0.15) is 0 Å². The maximum Gasteiger partial charge on any atom is 0.335 e. The van der Waals surface area contributed by atoms with E-state index in [2.05, 4.69) is 6.92 Å². The molecule has 0 aliphatic heterocycles. The van der Waals surface area contributed by atoms with Crippen molar-refractivity contribution in [1.29, 1.82) is 0 Å². The molecule has 3 heteroatoms. The van der Waals surface area contributed by atoms with Crippen LogP contribution in [0.15, 0.2) is 12.1 Å². The van der Waals surface area contributed by atoms with Crippen LogP contribution in [0.4, 0.5) is 0 Å². The van der Waals surface area contributed by atoms with Gasteiger partial charge in [0, 0.05) is 0 Å². The maximum atomic E-state index is 11.1. The van der Waals surface area contributed by atoms with Crippen molar-refractivity contribution in [3.8, 4) is 5.75 Å². The first kappa shape index (κ1) is 14.9. The zero-order valence-corrected chi connectivity index (χ0v) is 12.6. The summed E-state index contributed by atoms with van der Waals surface area (Å²) in [5, 5.41) is 9.09. The monoisotopic (exact) mass is 276 g/mol. The molecule has 20 heavy (non-hydrogen) atoms.